The van der Waals surface area contributed by atoms with Gasteiger partial charge in [0.25, 0.3) is 5.91 Å². The summed E-state index contributed by atoms with van der Waals surface area (Å²) in [5.74, 6) is -1.98. The lowest BCUT2D eigenvalue weighted by Crippen LogP contribution is -2.60. The summed E-state index contributed by atoms with van der Waals surface area (Å²) in [6.45, 7) is 13.3. The molecule has 0 radical (unpaired) electrons. The molecule has 3 N–H and O–H groups in total. The van der Waals surface area contributed by atoms with Gasteiger partial charge in [0.2, 0.25) is 5.91 Å². The summed E-state index contributed by atoms with van der Waals surface area (Å²) >= 11 is 0. The number of hydrogen-bond acceptors (Lipinski definition) is 10. The van der Waals surface area contributed by atoms with Crippen molar-refractivity contribution in [3.63, 3.8) is 0 Å². The number of piperidine rings is 1. The van der Waals surface area contributed by atoms with Crippen LogP contribution in [-0.2, 0) is 52.8 Å². The molecule has 5 aromatic rings. The Kier molecular flexibility index (Phi) is 14.5. The second kappa shape index (κ2) is 20.4. The van der Waals surface area contributed by atoms with E-state index < -0.39 is 47.6 Å². The highest BCUT2D eigenvalue weighted by Crippen LogP contribution is 2.42. The van der Waals surface area contributed by atoms with Crippen LogP contribution < -0.4 is 10.6 Å². The zero-order chi connectivity index (χ0) is 48.4. The third-order valence-electron chi connectivity index (χ3n) is 14.2. The van der Waals surface area contributed by atoms with Crippen LogP contribution in [0.25, 0.3) is 33.3 Å². The van der Waals surface area contributed by atoms with Crippen LogP contribution in [0.15, 0.2) is 85.1 Å². The highest BCUT2D eigenvalue weighted by Gasteiger charge is 2.43. The van der Waals surface area contributed by atoms with E-state index >= 15 is 0 Å². The van der Waals surface area contributed by atoms with E-state index in [1.54, 1.807) is 32.5 Å². The van der Waals surface area contributed by atoms with Crippen molar-refractivity contribution in [1.82, 2.24) is 25.1 Å². The molecule has 2 amide bonds. The van der Waals surface area contributed by atoms with Crippen molar-refractivity contribution in [3.05, 3.63) is 107 Å². The largest absolute Gasteiger partial charge is 0.508 e. The Labute approximate surface area is 399 Å². The number of fused-ring (bicyclic) bond motifs is 6. The molecule has 6 bridgehead atoms. The van der Waals surface area contributed by atoms with Gasteiger partial charge in [-0.05, 0) is 123 Å². The average molecular weight is 926 g/mol. The van der Waals surface area contributed by atoms with Crippen molar-refractivity contribution in [2.24, 2.45) is 11.3 Å². The van der Waals surface area contributed by atoms with Crippen LogP contribution in [0, 0.1) is 11.3 Å². The molecule has 0 spiro atoms. The molecule has 2 unspecified atom stereocenters. The number of aryl methyl sites for hydroxylation is 1. The Bertz CT molecular complexity index is 2660. The molecule has 3 aliphatic heterocycles. The topological polar surface area (TPSA) is 161 Å². The van der Waals surface area contributed by atoms with Crippen LogP contribution in [0.5, 0.6) is 5.75 Å². The number of benzene rings is 3. The Morgan fingerprint density at radius 2 is 1.75 bits per heavy atom. The molecule has 68 heavy (non-hydrogen) atoms. The quantitative estimate of drug-likeness (QED) is 0.117. The van der Waals surface area contributed by atoms with Crippen molar-refractivity contribution >= 4 is 34.5 Å². The van der Waals surface area contributed by atoms with Crippen molar-refractivity contribution in [2.75, 3.05) is 27.4 Å². The minimum atomic E-state index is -1.08. The number of rotatable bonds is 10. The van der Waals surface area contributed by atoms with Gasteiger partial charge in [-0.15, -0.1) is 0 Å². The zero-order valence-electron chi connectivity index (χ0n) is 40.7. The van der Waals surface area contributed by atoms with Gasteiger partial charge in [0.15, 0.2) is 5.78 Å². The van der Waals surface area contributed by atoms with Gasteiger partial charge in [0.05, 0.1) is 36.2 Å². The maximum absolute atomic E-state index is 14.9. The number of nitrogens with zero attached hydrogens (tertiary/aromatic N) is 3. The Morgan fingerprint density at radius 3 is 2.49 bits per heavy atom. The first-order chi connectivity index (χ1) is 32.6. The third kappa shape index (κ3) is 9.97. The number of likely N-dealkylation sites (N-methyl/N-ethyl adjacent to an activating group) is 1. The zero-order valence-corrected chi connectivity index (χ0v) is 40.7. The second-order valence-electron chi connectivity index (χ2n) is 20.1. The fourth-order valence-corrected chi connectivity index (χ4v) is 10.8. The van der Waals surface area contributed by atoms with E-state index in [-0.39, 0.29) is 48.4 Å². The molecule has 2 fully saturated rings. The lowest BCUT2D eigenvalue weighted by Gasteiger charge is -2.35. The number of Topliss-reactive ketones (excluding diaryl/α,β-unsaturated/α-hetero) is 1. The van der Waals surface area contributed by atoms with Gasteiger partial charge >= 0.3 is 5.97 Å². The number of carbonyl (C=O) groups is 4. The number of nitrogens with one attached hydrogen (secondary N) is 2. The molecule has 7 atom stereocenters. The highest BCUT2D eigenvalue weighted by molar-refractivity contribution is 5.97. The standard InChI is InChI=1S/C55H67N5O8/c1-9-60-46-21-20-36-29-41(46)42(49(60)40-17-14-23-56-47(40)33(4)66-8)30-55(5,6)31-68-54(65)44-19-13-18-43(57-44)50(62)45(27-34-25-37(36)28-38(61)26-34)58-52(63)48(32(2)3)59(7)53(64)51-39(22-24-67-51)35-15-11-10-12-16-35/h10-12,14-17,20-21,23,25-26,28-29,32-33,39,43-45,48,51,57,61H,9,13,18-19,22,24,27,30-31H2,1-8H3,(H,58,63)/t33-,39-,43?,44-,45-,48?,51-/m0/s1. The summed E-state index contributed by atoms with van der Waals surface area (Å²) in [4.78, 5) is 64.1. The minimum Gasteiger partial charge on any atom is -0.508 e. The minimum absolute atomic E-state index is 0.0137. The first kappa shape index (κ1) is 48.6. The molecule has 3 aliphatic rings. The van der Waals surface area contributed by atoms with Gasteiger partial charge in [-0.25, -0.2) is 0 Å². The SMILES string of the molecule is CCn1c(-c2cccnc2[C@H](C)OC)c2c3cc(ccc31)-c1cc(O)cc(c1)C[C@H](NC(=O)C(C(C)C)N(C)C(=O)[C@H]1OCC[C@H]1c1ccccc1)C(=O)C1CCC[C@H](N1)C(=O)OCC(C)(C)C2. The number of carbonyl (C=O) groups excluding carboxylic acids is 4. The summed E-state index contributed by atoms with van der Waals surface area (Å²) in [7, 11) is 3.30. The molecular weight excluding hydrogens is 859 g/mol. The number of esters is 1. The molecule has 5 heterocycles. The fourth-order valence-electron chi connectivity index (χ4n) is 10.8. The van der Waals surface area contributed by atoms with E-state index in [0.717, 1.165) is 50.1 Å². The molecule has 0 saturated carbocycles. The number of phenolic OH excluding ortho intramolecular Hbond substituents is 1. The van der Waals surface area contributed by atoms with Gasteiger partial charge in [0, 0.05) is 61.3 Å². The number of aromatic hydroxyl groups is 1. The molecular formula is C55H67N5O8. The molecule has 3 aromatic carbocycles. The monoisotopic (exact) mass is 925 g/mol. The smallest absolute Gasteiger partial charge is 0.323 e. The lowest BCUT2D eigenvalue weighted by molar-refractivity contribution is -0.150. The van der Waals surface area contributed by atoms with Crippen molar-refractivity contribution in [2.45, 2.75) is 129 Å². The number of pyridine rings is 1. The molecule has 360 valence electrons. The number of ketones is 1. The molecule has 13 heteroatoms. The predicted molar refractivity (Wildman–Crippen MR) is 262 cm³/mol. The number of ether oxygens (including phenoxy) is 3. The predicted octanol–water partition coefficient (Wildman–Crippen LogP) is 8.09. The van der Waals surface area contributed by atoms with Crippen LogP contribution in [0.2, 0.25) is 0 Å². The fraction of sp³-hybridized carbons (Fsp3) is 0.473. The maximum atomic E-state index is 14.9. The first-order valence-corrected chi connectivity index (χ1v) is 24.3. The van der Waals surface area contributed by atoms with Gasteiger partial charge in [-0.2, -0.15) is 0 Å². The molecule has 0 aliphatic carbocycles. The summed E-state index contributed by atoms with van der Waals surface area (Å²) in [6.07, 6.45) is 3.56. The van der Waals surface area contributed by atoms with Crippen LogP contribution in [0.1, 0.15) is 102 Å². The van der Waals surface area contributed by atoms with E-state index in [4.69, 9.17) is 19.2 Å². The molecule has 2 aromatic heterocycles. The van der Waals surface area contributed by atoms with Crippen LogP contribution in [0.3, 0.4) is 0 Å². The number of hydrogen-bond donors (Lipinski definition) is 3. The summed E-state index contributed by atoms with van der Waals surface area (Å²) in [6, 6.07) is 21.9. The summed E-state index contributed by atoms with van der Waals surface area (Å²) in [5.41, 5.74) is 7.58. The van der Waals surface area contributed by atoms with E-state index in [0.29, 0.717) is 50.8 Å². The number of methoxy groups -OCH3 is 1. The Balaban J connectivity index is 1.20. The maximum Gasteiger partial charge on any atom is 0.323 e. The highest BCUT2D eigenvalue weighted by atomic mass is 16.5. The van der Waals surface area contributed by atoms with Crippen LogP contribution in [-0.4, -0.2) is 101 Å². The molecule has 2 saturated heterocycles. The van der Waals surface area contributed by atoms with E-state index in [1.165, 1.54) is 4.90 Å². The average Bonchev–Trinajstić information content (AvgIpc) is 3.94. The number of amides is 2. The summed E-state index contributed by atoms with van der Waals surface area (Å²) in [5, 5.41) is 18.8. The van der Waals surface area contributed by atoms with Gasteiger partial charge < -0.3 is 34.1 Å². The normalized spacial score (nSPS) is 22.9. The second-order valence-corrected chi connectivity index (χ2v) is 20.1. The van der Waals surface area contributed by atoms with Crippen molar-refractivity contribution < 1.29 is 38.5 Å². The third-order valence-corrected chi connectivity index (χ3v) is 14.2. The van der Waals surface area contributed by atoms with Crippen LogP contribution in [0.4, 0.5) is 0 Å². The van der Waals surface area contributed by atoms with E-state index in [2.05, 4.69) is 54.2 Å². The Hall–Kier alpha value is -5.89. The van der Waals surface area contributed by atoms with Crippen molar-refractivity contribution in [1.29, 1.82) is 0 Å². The molecule has 8 rings (SSSR count). The van der Waals surface area contributed by atoms with E-state index in [1.807, 2.05) is 69.3 Å². The van der Waals surface area contributed by atoms with Gasteiger partial charge in [-0.3, -0.25) is 29.5 Å². The van der Waals surface area contributed by atoms with Gasteiger partial charge in [-0.1, -0.05) is 70.2 Å². The van der Waals surface area contributed by atoms with Gasteiger partial charge in [0.1, 0.15) is 23.9 Å². The Morgan fingerprint density at radius 1 is 0.985 bits per heavy atom. The van der Waals surface area contributed by atoms with Crippen LogP contribution >= 0.6 is 0 Å². The molecule has 13 nitrogen and oxygen atoms in total. The number of cyclic esters (lactones) is 1. The van der Waals surface area contributed by atoms with E-state index in [9.17, 15) is 24.3 Å². The summed E-state index contributed by atoms with van der Waals surface area (Å²) < 4.78 is 20.3. The number of aromatic nitrogens is 2. The number of phenols is 1. The lowest BCUT2D eigenvalue weighted by atomic mass is 9.84. The first-order valence-electron chi connectivity index (χ1n) is 24.3. The van der Waals surface area contributed by atoms with Crippen molar-refractivity contribution in [3.8, 4) is 28.1 Å².